The van der Waals surface area contributed by atoms with Crippen molar-refractivity contribution in [2.45, 2.75) is 25.9 Å². The second-order valence-corrected chi connectivity index (χ2v) is 6.89. The molecule has 1 atom stereocenters. The van der Waals surface area contributed by atoms with E-state index in [1.807, 2.05) is 59.1 Å². The van der Waals surface area contributed by atoms with Crippen molar-refractivity contribution in [2.24, 2.45) is 0 Å². The van der Waals surface area contributed by atoms with Crippen LogP contribution in [0.15, 0.2) is 61.2 Å². The van der Waals surface area contributed by atoms with Crippen molar-refractivity contribution in [2.75, 3.05) is 13.2 Å². The van der Waals surface area contributed by atoms with Crippen LogP contribution in [0.3, 0.4) is 0 Å². The lowest BCUT2D eigenvalue weighted by Gasteiger charge is -2.26. The van der Waals surface area contributed by atoms with Crippen molar-refractivity contribution >= 4 is 5.91 Å². The SMILES string of the molecule is CCC(C(=O)N1CCOc2c(O)cc(-c3cccnc3)cc2C1)n1cccc1. The Bertz CT molecular complexity index is 955. The number of aromatic hydroxyl groups is 1. The summed E-state index contributed by atoms with van der Waals surface area (Å²) < 4.78 is 7.73. The molecule has 0 spiro atoms. The molecule has 0 bridgehead atoms. The average molecular weight is 377 g/mol. The van der Waals surface area contributed by atoms with E-state index >= 15 is 0 Å². The fourth-order valence-corrected chi connectivity index (χ4v) is 3.67. The van der Waals surface area contributed by atoms with Gasteiger partial charge in [-0.1, -0.05) is 13.0 Å². The molecule has 1 amide bonds. The van der Waals surface area contributed by atoms with Gasteiger partial charge in [-0.2, -0.15) is 0 Å². The molecule has 28 heavy (non-hydrogen) atoms. The van der Waals surface area contributed by atoms with Crippen molar-refractivity contribution in [3.63, 3.8) is 0 Å². The summed E-state index contributed by atoms with van der Waals surface area (Å²) in [4.78, 5) is 19.2. The second kappa shape index (κ2) is 7.76. The van der Waals surface area contributed by atoms with Crippen LogP contribution in [0.1, 0.15) is 24.9 Å². The summed E-state index contributed by atoms with van der Waals surface area (Å²) in [5, 5.41) is 10.5. The summed E-state index contributed by atoms with van der Waals surface area (Å²) >= 11 is 0. The highest BCUT2D eigenvalue weighted by atomic mass is 16.5. The summed E-state index contributed by atoms with van der Waals surface area (Å²) in [7, 11) is 0. The number of carbonyl (C=O) groups excluding carboxylic acids is 1. The molecule has 2 aromatic heterocycles. The number of pyridine rings is 1. The molecule has 3 heterocycles. The van der Waals surface area contributed by atoms with Crippen molar-refractivity contribution < 1.29 is 14.6 Å². The van der Waals surface area contributed by atoms with E-state index in [2.05, 4.69) is 4.98 Å². The number of fused-ring (bicyclic) bond motifs is 1. The molecule has 0 saturated heterocycles. The Morgan fingerprint density at radius 1 is 1.25 bits per heavy atom. The van der Waals surface area contributed by atoms with Crippen LogP contribution in [-0.4, -0.2) is 38.6 Å². The standard InChI is InChI=1S/C22H23N3O3/c1-2-19(24-8-3-4-9-24)22(27)25-10-11-28-21-18(15-25)12-17(13-20(21)26)16-6-5-7-23-14-16/h3-9,12-14,19,26H,2,10-11,15H2,1H3. The fourth-order valence-electron chi connectivity index (χ4n) is 3.67. The molecule has 0 fully saturated rings. The molecular formula is C22H23N3O3. The smallest absolute Gasteiger partial charge is 0.246 e. The minimum absolute atomic E-state index is 0.0569. The molecule has 1 aliphatic rings. The third-order valence-electron chi connectivity index (χ3n) is 5.08. The van der Waals surface area contributed by atoms with Crippen molar-refractivity contribution in [3.8, 4) is 22.6 Å². The van der Waals surface area contributed by atoms with Crippen LogP contribution in [0.2, 0.25) is 0 Å². The number of phenolic OH excluding ortho intramolecular Hbond substituents is 1. The molecule has 0 aliphatic carbocycles. The number of nitrogens with zero attached hydrogens (tertiary/aromatic N) is 3. The topological polar surface area (TPSA) is 67.6 Å². The van der Waals surface area contributed by atoms with Gasteiger partial charge in [0, 0.05) is 42.5 Å². The number of benzene rings is 1. The lowest BCUT2D eigenvalue weighted by Crippen LogP contribution is -2.37. The highest BCUT2D eigenvalue weighted by molar-refractivity contribution is 5.81. The van der Waals surface area contributed by atoms with Crippen LogP contribution in [-0.2, 0) is 11.3 Å². The number of rotatable bonds is 4. The van der Waals surface area contributed by atoms with Crippen LogP contribution in [0.5, 0.6) is 11.5 Å². The lowest BCUT2D eigenvalue weighted by atomic mass is 10.0. The van der Waals surface area contributed by atoms with Crippen molar-refractivity contribution in [1.29, 1.82) is 0 Å². The first-order chi connectivity index (χ1) is 13.7. The monoisotopic (exact) mass is 377 g/mol. The fraction of sp³-hybridized carbons (Fsp3) is 0.273. The van der Waals surface area contributed by atoms with E-state index in [1.54, 1.807) is 18.5 Å². The van der Waals surface area contributed by atoms with Gasteiger partial charge in [-0.3, -0.25) is 9.78 Å². The van der Waals surface area contributed by atoms with Gasteiger partial charge in [-0.15, -0.1) is 0 Å². The van der Waals surface area contributed by atoms with Crippen LogP contribution in [0, 0.1) is 0 Å². The highest BCUT2D eigenvalue weighted by Gasteiger charge is 2.27. The Morgan fingerprint density at radius 3 is 2.79 bits per heavy atom. The summed E-state index contributed by atoms with van der Waals surface area (Å²) in [5.41, 5.74) is 2.55. The van der Waals surface area contributed by atoms with Gasteiger partial charge in [0.05, 0.1) is 6.54 Å². The maximum absolute atomic E-state index is 13.2. The van der Waals surface area contributed by atoms with Crippen LogP contribution >= 0.6 is 0 Å². The third-order valence-corrected chi connectivity index (χ3v) is 5.08. The summed E-state index contributed by atoms with van der Waals surface area (Å²) in [6, 6.07) is 11.0. The van der Waals surface area contributed by atoms with E-state index in [4.69, 9.17) is 4.74 Å². The summed E-state index contributed by atoms with van der Waals surface area (Å²) in [6.45, 7) is 3.23. The average Bonchev–Trinajstić information content (AvgIpc) is 3.15. The van der Waals surface area contributed by atoms with E-state index in [1.165, 1.54) is 0 Å². The van der Waals surface area contributed by atoms with Crippen LogP contribution in [0.25, 0.3) is 11.1 Å². The van der Waals surface area contributed by atoms with E-state index in [0.29, 0.717) is 31.9 Å². The Labute approximate surface area is 164 Å². The molecule has 1 unspecified atom stereocenters. The maximum Gasteiger partial charge on any atom is 0.246 e. The zero-order valence-corrected chi connectivity index (χ0v) is 15.8. The first-order valence-corrected chi connectivity index (χ1v) is 9.47. The van der Waals surface area contributed by atoms with Gasteiger partial charge in [-0.25, -0.2) is 0 Å². The van der Waals surface area contributed by atoms with Gasteiger partial charge in [0.2, 0.25) is 5.91 Å². The first-order valence-electron chi connectivity index (χ1n) is 9.47. The van der Waals surface area contributed by atoms with Crippen LogP contribution < -0.4 is 4.74 Å². The molecule has 0 radical (unpaired) electrons. The van der Waals surface area contributed by atoms with Gasteiger partial charge in [0.25, 0.3) is 0 Å². The van der Waals surface area contributed by atoms with Crippen molar-refractivity contribution in [1.82, 2.24) is 14.5 Å². The molecule has 6 nitrogen and oxygen atoms in total. The third kappa shape index (κ3) is 3.45. The number of ether oxygens (including phenoxy) is 1. The number of hydrogen-bond acceptors (Lipinski definition) is 4. The maximum atomic E-state index is 13.2. The van der Waals surface area contributed by atoms with Gasteiger partial charge in [-0.05, 0) is 42.3 Å². The summed E-state index contributed by atoms with van der Waals surface area (Å²) in [5.74, 6) is 0.599. The van der Waals surface area contributed by atoms with Crippen molar-refractivity contribution in [3.05, 3.63) is 66.7 Å². The highest BCUT2D eigenvalue weighted by Crippen LogP contribution is 2.37. The largest absolute Gasteiger partial charge is 0.504 e. The molecule has 6 heteroatoms. The predicted octanol–water partition coefficient (Wildman–Crippen LogP) is 3.63. The Hall–Kier alpha value is -3.28. The Balaban J connectivity index is 1.65. The Kier molecular flexibility index (Phi) is 5.02. The molecule has 1 N–H and O–H groups in total. The molecule has 1 aliphatic heterocycles. The molecular weight excluding hydrogens is 354 g/mol. The van der Waals surface area contributed by atoms with Gasteiger partial charge in [0.1, 0.15) is 12.6 Å². The number of hydrogen-bond donors (Lipinski definition) is 1. The lowest BCUT2D eigenvalue weighted by molar-refractivity contribution is -0.135. The number of carbonyl (C=O) groups is 1. The predicted molar refractivity (Wildman–Crippen MR) is 106 cm³/mol. The van der Waals surface area contributed by atoms with Gasteiger partial charge < -0.3 is 19.3 Å². The quantitative estimate of drug-likeness (QED) is 0.754. The van der Waals surface area contributed by atoms with E-state index in [0.717, 1.165) is 16.7 Å². The minimum atomic E-state index is -0.244. The number of amides is 1. The number of aromatic nitrogens is 2. The normalized spacial score (nSPS) is 14.7. The van der Waals surface area contributed by atoms with E-state index < -0.39 is 0 Å². The van der Waals surface area contributed by atoms with Gasteiger partial charge in [0.15, 0.2) is 11.5 Å². The van der Waals surface area contributed by atoms with E-state index in [-0.39, 0.29) is 17.7 Å². The van der Waals surface area contributed by atoms with Gasteiger partial charge >= 0.3 is 0 Å². The number of phenols is 1. The molecule has 144 valence electrons. The zero-order chi connectivity index (χ0) is 19.5. The molecule has 3 aromatic rings. The molecule has 4 rings (SSSR count). The summed E-state index contributed by atoms with van der Waals surface area (Å²) in [6.07, 6.45) is 8.00. The second-order valence-electron chi connectivity index (χ2n) is 6.89. The first kappa shape index (κ1) is 18.1. The Morgan fingerprint density at radius 2 is 2.07 bits per heavy atom. The molecule has 1 aromatic carbocycles. The zero-order valence-electron chi connectivity index (χ0n) is 15.8. The van der Waals surface area contributed by atoms with E-state index in [9.17, 15) is 9.90 Å². The minimum Gasteiger partial charge on any atom is -0.504 e. The van der Waals surface area contributed by atoms with Crippen LogP contribution in [0.4, 0.5) is 0 Å². The molecule has 0 saturated carbocycles.